The topological polar surface area (TPSA) is 35.5 Å². The van der Waals surface area contributed by atoms with Gasteiger partial charge in [0.05, 0.1) is 25.4 Å². The molecule has 0 heterocycles. The number of esters is 1. The molecule has 1 aliphatic rings. The Kier molecular flexibility index (Phi) is 4.97. The summed E-state index contributed by atoms with van der Waals surface area (Å²) < 4.78 is 10.8. The number of carbonyl (C=O) groups is 1. The van der Waals surface area contributed by atoms with Crippen molar-refractivity contribution in [3.63, 3.8) is 0 Å². The minimum atomic E-state index is -0.295. The highest BCUT2D eigenvalue weighted by Crippen LogP contribution is 2.26. The fourth-order valence-electron chi connectivity index (χ4n) is 2.69. The summed E-state index contributed by atoms with van der Waals surface area (Å²) in [6, 6.07) is 7.49. The van der Waals surface area contributed by atoms with E-state index in [9.17, 15) is 4.79 Å². The first-order valence-corrected chi connectivity index (χ1v) is 6.98. The zero-order valence-corrected chi connectivity index (χ0v) is 11.7. The van der Waals surface area contributed by atoms with E-state index in [1.165, 1.54) is 20.0 Å². The Morgan fingerprint density at radius 3 is 2.84 bits per heavy atom. The molecule has 2 atom stereocenters. The third-order valence-corrected chi connectivity index (χ3v) is 3.79. The highest BCUT2D eigenvalue weighted by Gasteiger charge is 2.20. The molecule has 104 valence electrons. The summed E-state index contributed by atoms with van der Waals surface area (Å²) >= 11 is 0. The van der Waals surface area contributed by atoms with Crippen LogP contribution in [0.5, 0.6) is 0 Å². The fourth-order valence-corrected chi connectivity index (χ4v) is 2.69. The third kappa shape index (κ3) is 3.80. The Morgan fingerprint density at radius 1 is 1.32 bits per heavy atom. The molecule has 1 aliphatic carbocycles. The number of methoxy groups -OCH3 is 1. The lowest BCUT2D eigenvalue weighted by Crippen LogP contribution is -2.21. The van der Waals surface area contributed by atoms with E-state index in [4.69, 9.17) is 9.47 Å². The first kappa shape index (κ1) is 14.1. The quantitative estimate of drug-likeness (QED) is 0.778. The largest absolute Gasteiger partial charge is 0.465 e. The van der Waals surface area contributed by atoms with E-state index >= 15 is 0 Å². The van der Waals surface area contributed by atoms with Gasteiger partial charge in [-0.2, -0.15) is 0 Å². The molecule has 0 spiro atoms. The Labute approximate surface area is 114 Å². The average Bonchev–Trinajstić information content (AvgIpc) is 2.45. The maximum absolute atomic E-state index is 11.7. The molecular weight excluding hydrogens is 240 g/mol. The molecule has 3 heteroatoms. The van der Waals surface area contributed by atoms with Gasteiger partial charge in [-0.25, -0.2) is 4.79 Å². The molecule has 0 N–H and O–H groups in total. The lowest BCUT2D eigenvalue weighted by Gasteiger charge is -2.27. The van der Waals surface area contributed by atoms with Crippen molar-refractivity contribution in [2.24, 2.45) is 5.92 Å². The van der Waals surface area contributed by atoms with Gasteiger partial charge in [0.2, 0.25) is 0 Å². The van der Waals surface area contributed by atoms with E-state index in [0.29, 0.717) is 18.3 Å². The average molecular weight is 262 g/mol. The van der Waals surface area contributed by atoms with Crippen LogP contribution < -0.4 is 0 Å². The molecule has 0 radical (unpaired) electrons. The van der Waals surface area contributed by atoms with Crippen LogP contribution in [0.4, 0.5) is 0 Å². The van der Waals surface area contributed by atoms with E-state index in [1.807, 2.05) is 18.2 Å². The SMILES string of the molecule is COC(=O)c1ccccc1COC1CCCC(C)C1. The number of benzene rings is 1. The number of hydrogen-bond acceptors (Lipinski definition) is 3. The lowest BCUT2D eigenvalue weighted by atomic mass is 9.89. The van der Waals surface area contributed by atoms with Gasteiger partial charge in [-0.1, -0.05) is 38.0 Å². The van der Waals surface area contributed by atoms with E-state index in [1.54, 1.807) is 6.07 Å². The summed E-state index contributed by atoms with van der Waals surface area (Å²) in [5.74, 6) is 0.450. The first-order valence-electron chi connectivity index (χ1n) is 6.98. The van der Waals surface area contributed by atoms with Crippen LogP contribution in [0.3, 0.4) is 0 Å². The van der Waals surface area contributed by atoms with Gasteiger partial charge in [0.25, 0.3) is 0 Å². The van der Waals surface area contributed by atoms with Gasteiger partial charge in [0.1, 0.15) is 0 Å². The van der Waals surface area contributed by atoms with Crippen LogP contribution in [-0.4, -0.2) is 19.2 Å². The van der Waals surface area contributed by atoms with Crippen molar-refractivity contribution >= 4 is 5.97 Å². The first-order chi connectivity index (χ1) is 9.20. The minimum Gasteiger partial charge on any atom is -0.465 e. The van der Waals surface area contributed by atoms with Gasteiger partial charge in [0.15, 0.2) is 0 Å². The second kappa shape index (κ2) is 6.71. The van der Waals surface area contributed by atoms with Crippen LogP contribution in [0.15, 0.2) is 24.3 Å². The molecule has 19 heavy (non-hydrogen) atoms. The molecule has 1 aromatic carbocycles. The van der Waals surface area contributed by atoms with E-state index in [-0.39, 0.29) is 5.97 Å². The second-order valence-electron chi connectivity index (χ2n) is 5.35. The Balaban J connectivity index is 1.97. The van der Waals surface area contributed by atoms with Gasteiger partial charge in [-0.15, -0.1) is 0 Å². The van der Waals surface area contributed by atoms with Gasteiger partial charge in [-0.3, -0.25) is 0 Å². The predicted octanol–water partition coefficient (Wildman–Crippen LogP) is 3.57. The van der Waals surface area contributed by atoms with E-state index in [2.05, 4.69) is 6.92 Å². The Hall–Kier alpha value is -1.35. The van der Waals surface area contributed by atoms with Crippen molar-refractivity contribution in [3.05, 3.63) is 35.4 Å². The van der Waals surface area contributed by atoms with Crippen molar-refractivity contribution in [1.82, 2.24) is 0 Å². The molecular formula is C16H22O3. The summed E-state index contributed by atoms with van der Waals surface area (Å²) in [5.41, 5.74) is 1.52. The molecule has 0 aliphatic heterocycles. The molecule has 1 saturated carbocycles. The van der Waals surface area contributed by atoms with Gasteiger partial charge < -0.3 is 9.47 Å². The Morgan fingerprint density at radius 2 is 2.11 bits per heavy atom. The summed E-state index contributed by atoms with van der Waals surface area (Å²) in [4.78, 5) is 11.7. The molecule has 2 unspecified atom stereocenters. The number of ether oxygens (including phenoxy) is 2. The molecule has 0 bridgehead atoms. The molecule has 0 aromatic heterocycles. The van der Waals surface area contributed by atoms with Crippen molar-refractivity contribution in [3.8, 4) is 0 Å². The highest BCUT2D eigenvalue weighted by molar-refractivity contribution is 5.90. The zero-order valence-electron chi connectivity index (χ0n) is 11.7. The highest BCUT2D eigenvalue weighted by atomic mass is 16.5. The van der Waals surface area contributed by atoms with Crippen LogP contribution in [0.25, 0.3) is 0 Å². The van der Waals surface area contributed by atoms with Gasteiger partial charge in [0, 0.05) is 0 Å². The van der Waals surface area contributed by atoms with Crippen molar-refractivity contribution in [2.75, 3.05) is 7.11 Å². The second-order valence-corrected chi connectivity index (χ2v) is 5.35. The molecule has 1 fully saturated rings. The zero-order chi connectivity index (χ0) is 13.7. The van der Waals surface area contributed by atoms with Gasteiger partial charge >= 0.3 is 5.97 Å². The standard InChI is InChI=1S/C16H22O3/c1-12-6-5-8-14(10-12)19-11-13-7-3-4-9-15(13)16(17)18-2/h3-4,7,9,12,14H,5-6,8,10-11H2,1-2H3. The van der Waals surface area contributed by atoms with Crippen molar-refractivity contribution < 1.29 is 14.3 Å². The number of carbonyl (C=O) groups excluding carboxylic acids is 1. The van der Waals surface area contributed by atoms with Crippen LogP contribution in [0.2, 0.25) is 0 Å². The summed E-state index contributed by atoms with van der Waals surface area (Å²) in [6.07, 6.45) is 5.13. The number of rotatable bonds is 4. The fraction of sp³-hybridized carbons (Fsp3) is 0.562. The molecule has 0 amide bonds. The summed E-state index contributed by atoms with van der Waals surface area (Å²) in [6.45, 7) is 2.76. The Bertz CT molecular complexity index is 428. The third-order valence-electron chi connectivity index (χ3n) is 3.79. The van der Waals surface area contributed by atoms with Crippen molar-refractivity contribution in [2.45, 2.75) is 45.3 Å². The van der Waals surface area contributed by atoms with Crippen LogP contribution in [0, 0.1) is 5.92 Å². The van der Waals surface area contributed by atoms with Crippen LogP contribution in [0.1, 0.15) is 48.5 Å². The lowest BCUT2D eigenvalue weighted by molar-refractivity contribution is 0.00403. The van der Waals surface area contributed by atoms with Crippen LogP contribution >= 0.6 is 0 Å². The minimum absolute atomic E-state index is 0.295. The smallest absolute Gasteiger partial charge is 0.338 e. The monoisotopic (exact) mass is 262 g/mol. The van der Waals surface area contributed by atoms with Crippen molar-refractivity contribution in [1.29, 1.82) is 0 Å². The molecule has 2 rings (SSSR count). The summed E-state index contributed by atoms with van der Waals surface area (Å²) in [7, 11) is 1.41. The number of hydrogen-bond donors (Lipinski definition) is 0. The molecule has 3 nitrogen and oxygen atoms in total. The maximum Gasteiger partial charge on any atom is 0.338 e. The van der Waals surface area contributed by atoms with E-state index < -0.39 is 0 Å². The van der Waals surface area contributed by atoms with Gasteiger partial charge in [-0.05, 0) is 30.4 Å². The molecule has 0 saturated heterocycles. The summed E-state index contributed by atoms with van der Waals surface area (Å²) in [5, 5.41) is 0. The van der Waals surface area contributed by atoms with E-state index in [0.717, 1.165) is 24.3 Å². The molecule has 1 aromatic rings. The predicted molar refractivity (Wildman–Crippen MR) is 74.0 cm³/mol. The normalized spacial score (nSPS) is 23.1. The maximum atomic E-state index is 11.7. The van der Waals surface area contributed by atoms with Crippen LogP contribution in [-0.2, 0) is 16.1 Å².